The second-order valence-corrected chi connectivity index (χ2v) is 18.5. The van der Waals surface area contributed by atoms with Gasteiger partial charge in [-0.3, -0.25) is 4.90 Å². The molecule has 7 fully saturated rings. The fourth-order valence-electron chi connectivity index (χ4n) is 13.6. The zero-order valence-electron chi connectivity index (χ0n) is 30.2. The molecule has 5 aliphatic carbocycles. The quantitative estimate of drug-likeness (QED) is 0.313. The number of hydrogen-bond donors (Lipinski definition) is 1. The molecule has 0 amide bonds. The van der Waals surface area contributed by atoms with Crippen LogP contribution in [0.1, 0.15) is 111 Å². The molecule has 12 unspecified atom stereocenters. The number of aliphatic hydroxyl groups is 1. The fourth-order valence-corrected chi connectivity index (χ4v) is 13.6. The first-order valence-corrected chi connectivity index (χ1v) is 19.4. The third-order valence-electron chi connectivity index (χ3n) is 15.6. The van der Waals surface area contributed by atoms with E-state index in [2.05, 4.69) is 56.0 Å². The minimum atomic E-state index is -0.897. The Morgan fingerprint density at radius 1 is 0.957 bits per heavy atom. The molecule has 1 aromatic rings. The van der Waals surface area contributed by atoms with Crippen molar-refractivity contribution in [2.75, 3.05) is 26.3 Å². The van der Waals surface area contributed by atoms with Crippen molar-refractivity contribution in [1.29, 1.82) is 0 Å². The van der Waals surface area contributed by atoms with Crippen molar-refractivity contribution >= 4 is 0 Å². The van der Waals surface area contributed by atoms with Crippen LogP contribution in [0.15, 0.2) is 30.3 Å². The van der Waals surface area contributed by atoms with E-state index in [0.29, 0.717) is 34.9 Å². The standard InChI is InChI=1S/C41H63NO5/c1-7-44-36(38(4,5)43)31-15-13-29-32(46-31)23-30-28-14-16-33-37(2,3)34(17-18-41(33)26-40(28,41)20-19-39(29,30)6)47-35-25-42(21-22-45-35)24-27-11-9-8-10-12-27/h8-12,28-36,43H,7,13-26H2,1-6H3. The van der Waals surface area contributed by atoms with Gasteiger partial charge in [0, 0.05) is 26.2 Å². The average molecular weight is 650 g/mol. The lowest BCUT2D eigenvalue weighted by atomic mass is 9.46. The Morgan fingerprint density at radius 2 is 1.74 bits per heavy atom. The molecule has 12 atom stereocenters. The number of benzene rings is 1. The van der Waals surface area contributed by atoms with Crippen LogP contribution in [0.5, 0.6) is 0 Å². The molecular weight excluding hydrogens is 586 g/mol. The number of fused-ring (bicyclic) bond motifs is 4. The van der Waals surface area contributed by atoms with E-state index in [0.717, 1.165) is 50.4 Å². The minimum Gasteiger partial charge on any atom is -0.388 e. The van der Waals surface area contributed by atoms with Gasteiger partial charge in [0.15, 0.2) is 6.29 Å². The first kappa shape index (κ1) is 33.1. The minimum absolute atomic E-state index is 0.00782. The van der Waals surface area contributed by atoms with Crippen molar-refractivity contribution < 1.29 is 24.1 Å². The predicted octanol–water partition coefficient (Wildman–Crippen LogP) is 7.61. The summed E-state index contributed by atoms with van der Waals surface area (Å²) in [6.45, 7) is 17.7. The molecule has 0 aromatic heterocycles. The second-order valence-electron chi connectivity index (χ2n) is 18.5. The molecule has 2 spiro atoms. The zero-order valence-corrected chi connectivity index (χ0v) is 30.2. The van der Waals surface area contributed by atoms with Crippen molar-refractivity contribution in [2.45, 2.75) is 149 Å². The summed E-state index contributed by atoms with van der Waals surface area (Å²) in [5.74, 6) is 2.99. The first-order valence-electron chi connectivity index (χ1n) is 19.4. The van der Waals surface area contributed by atoms with Crippen LogP contribution in [0.2, 0.25) is 0 Å². The third-order valence-corrected chi connectivity index (χ3v) is 15.6. The molecule has 8 rings (SSSR count). The molecule has 0 radical (unpaired) electrons. The van der Waals surface area contributed by atoms with Gasteiger partial charge >= 0.3 is 0 Å². The van der Waals surface area contributed by atoms with Crippen molar-refractivity contribution in [3.05, 3.63) is 35.9 Å². The van der Waals surface area contributed by atoms with Crippen molar-refractivity contribution in [2.24, 2.45) is 45.3 Å². The molecular formula is C41H63NO5. The zero-order chi connectivity index (χ0) is 32.8. The summed E-state index contributed by atoms with van der Waals surface area (Å²) in [4.78, 5) is 2.51. The van der Waals surface area contributed by atoms with Gasteiger partial charge < -0.3 is 24.1 Å². The molecule has 6 nitrogen and oxygen atoms in total. The Morgan fingerprint density at radius 3 is 2.51 bits per heavy atom. The Balaban J connectivity index is 0.946. The Kier molecular flexibility index (Phi) is 8.30. The van der Waals surface area contributed by atoms with E-state index < -0.39 is 5.60 Å². The maximum Gasteiger partial charge on any atom is 0.170 e. The van der Waals surface area contributed by atoms with Crippen molar-refractivity contribution in [3.63, 3.8) is 0 Å². The van der Waals surface area contributed by atoms with Gasteiger partial charge in [-0.2, -0.15) is 0 Å². The molecule has 2 aliphatic heterocycles. The topological polar surface area (TPSA) is 60.4 Å². The highest BCUT2D eigenvalue weighted by molar-refractivity contribution is 5.29. The summed E-state index contributed by atoms with van der Waals surface area (Å²) in [6.07, 6.45) is 13.1. The van der Waals surface area contributed by atoms with Crippen LogP contribution in [-0.2, 0) is 25.5 Å². The summed E-state index contributed by atoms with van der Waals surface area (Å²) in [5, 5.41) is 11.0. The number of nitrogens with zero attached hydrogens (tertiary/aromatic N) is 1. The van der Waals surface area contributed by atoms with Crippen LogP contribution < -0.4 is 0 Å². The molecule has 2 saturated heterocycles. The molecule has 6 heteroatoms. The monoisotopic (exact) mass is 649 g/mol. The van der Waals surface area contributed by atoms with Gasteiger partial charge in [-0.1, -0.05) is 51.1 Å². The van der Waals surface area contributed by atoms with E-state index in [4.69, 9.17) is 18.9 Å². The summed E-state index contributed by atoms with van der Waals surface area (Å²) in [5.41, 5.74) is 2.05. The van der Waals surface area contributed by atoms with Crippen LogP contribution >= 0.6 is 0 Å². The SMILES string of the molecule is CCOC(C1CCC2C(CC3C4CCC5C(C)(C)C(OC6CN(Cc7ccccc7)CCO6)CCC56CC46CCC23C)O1)C(C)(C)O. The molecule has 7 aliphatic rings. The maximum atomic E-state index is 11.0. The summed E-state index contributed by atoms with van der Waals surface area (Å²) in [6, 6.07) is 10.8. The maximum absolute atomic E-state index is 11.0. The summed E-state index contributed by atoms with van der Waals surface area (Å²) >= 11 is 0. The van der Waals surface area contributed by atoms with Gasteiger partial charge in [-0.15, -0.1) is 0 Å². The van der Waals surface area contributed by atoms with E-state index in [9.17, 15) is 5.11 Å². The van der Waals surface area contributed by atoms with Crippen LogP contribution in [-0.4, -0.2) is 72.6 Å². The molecule has 1 aromatic carbocycles. The highest BCUT2D eigenvalue weighted by atomic mass is 16.7. The molecule has 1 N–H and O–H groups in total. The Hall–Kier alpha value is -1.02. The highest BCUT2D eigenvalue weighted by Gasteiger charge is 2.80. The molecule has 5 saturated carbocycles. The van der Waals surface area contributed by atoms with Gasteiger partial charge in [-0.05, 0) is 136 Å². The van der Waals surface area contributed by atoms with Gasteiger partial charge in [-0.25, -0.2) is 0 Å². The molecule has 262 valence electrons. The largest absolute Gasteiger partial charge is 0.388 e. The molecule has 0 bridgehead atoms. The lowest BCUT2D eigenvalue weighted by Gasteiger charge is -2.60. The van der Waals surface area contributed by atoms with Crippen LogP contribution in [0, 0.1) is 45.3 Å². The second kappa shape index (κ2) is 11.8. The Labute approximate surface area is 284 Å². The van der Waals surface area contributed by atoms with Gasteiger partial charge in [0.25, 0.3) is 0 Å². The van der Waals surface area contributed by atoms with Crippen LogP contribution in [0.25, 0.3) is 0 Å². The number of hydrogen-bond acceptors (Lipinski definition) is 6. The van der Waals surface area contributed by atoms with Gasteiger partial charge in [0.05, 0.1) is 30.5 Å². The lowest BCUT2D eigenvalue weighted by molar-refractivity contribution is -0.246. The van der Waals surface area contributed by atoms with Gasteiger partial charge in [0.1, 0.15) is 6.10 Å². The van der Waals surface area contributed by atoms with Crippen LogP contribution in [0.4, 0.5) is 0 Å². The van der Waals surface area contributed by atoms with Crippen LogP contribution in [0.3, 0.4) is 0 Å². The van der Waals surface area contributed by atoms with E-state index in [-0.39, 0.29) is 30.0 Å². The normalized spacial score (nSPS) is 46.4. The van der Waals surface area contributed by atoms with E-state index >= 15 is 0 Å². The number of ether oxygens (including phenoxy) is 4. The van der Waals surface area contributed by atoms with Crippen molar-refractivity contribution in [1.82, 2.24) is 4.90 Å². The van der Waals surface area contributed by atoms with Gasteiger partial charge in [0.2, 0.25) is 0 Å². The van der Waals surface area contributed by atoms with E-state index in [1.165, 1.54) is 63.4 Å². The summed E-state index contributed by atoms with van der Waals surface area (Å²) in [7, 11) is 0. The average Bonchev–Trinajstić information content (AvgIpc) is 3.61. The summed E-state index contributed by atoms with van der Waals surface area (Å²) < 4.78 is 26.3. The van der Waals surface area contributed by atoms with E-state index in [1.807, 2.05) is 20.8 Å². The Bertz CT molecular complexity index is 1280. The predicted molar refractivity (Wildman–Crippen MR) is 184 cm³/mol. The van der Waals surface area contributed by atoms with E-state index in [1.54, 1.807) is 0 Å². The fraction of sp³-hybridized carbons (Fsp3) is 0.854. The molecule has 47 heavy (non-hydrogen) atoms. The third kappa shape index (κ3) is 5.24. The number of rotatable bonds is 8. The first-order chi connectivity index (χ1) is 22.4. The van der Waals surface area contributed by atoms with Crippen molar-refractivity contribution in [3.8, 4) is 0 Å². The lowest BCUT2D eigenvalue weighted by Crippen LogP contribution is -2.56. The highest BCUT2D eigenvalue weighted by Crippen LogP contribution is 2.87. The smallest absolute Gasteiger partial charge is 0.170 e. The number of morpholine rings is 1. The molecule has 2 heterocycles.